The number of carboxylic acid groups (broad SMARTS) is 1. The largest absolute Gasteiger partial charge is 1.00 e. The van der Waals surface area contributed by atoms with E-state index in [1.54, 1.807) is 0 Å². The van der Waals surface area contributed by atoms with Crippen molar-refractivity contribution < 1.29 is 28.8 Å². The molecule has 0 aliphatic rings. The quantitative estimate of drug-likeness (QED) is 0.262. The van der Waals surface area contributed by atoms with Crippen molar-refractivity contribution in [3.63, 3.8) is 0 Å². The van der Waals surface area contributed by atoms with E-state index < -0.39 is 5.97 Å². The molecule has 0 saturated carbocycles. The Morgan fingerprint density at radius 2 is 1.19 bits per heavy atom. The predicted octanol–water partition coefficient (Wildman–Crippen LogP) is 1.78. The number of rotatable bonds is 15. The van der Waals surface area contributed by atoms with E-state index >= 15 is 0 Å². The van der Waals surface area contributed by atoms with E-state index in [0.717, 1.165) is 12.8 Å². The summed E-state index contributed by atoms with van der Waals surface area (Å²) in [6.45, 7) is 2.25. The van der Waals surface area contributed by atoms with Crippen LogP contribution in [-0.4, -0.2) is 5.97 Å². The van der Waals surface area contributed by atoms with Crippen molar-refractivity contribution in [2.45, 2.75) is 96.8 Å². The van der Waals surface area contributed by atoms with Gasteiger partial charge in [0.15, 0.2) is 0 Å². The predicted molar refractivity (Wildman–Crippen MR) is 84.5 cm³/mol. The van der Waals surface area contributed by atoms with Crippen LogP contribution in [0.25, 0.3) is 0 Å². The van der Waals surface area contributed by atoms with Crippen LogP contribution >= 0.6 is 0 Å². The first-order valence-corrected chi connectivity index (χ1v) is 8.62. The average Bonchev–Trinajstić information content (AvgIpc) is 2.43. The van der Waals surface area contributed by atoms with Crippen LogP contribution in [0.3, 0.4) is 0 Å². The monoisotopic (exact) mass is 288 g/mol. The van der Waals surface area contributed by atoms with Crippen LogP contribution in [-0.2, 0) is 4.79 Å². The SMILES string of the molecule is CCCCCCC=CCCCCCCCCCC(=O)[O-].[Li+]. The van der Waals surface area contributed by atoms with Gasteiger partial charge in [0.1, 0.15) is 0 Å². The van der Waals surface area contributed by atoms with E-state index in [-0.39, 0.29) is 25.3 Å². The summed E-state index contributed by atoms with van der Waals surface area (Å²) in [5, 5.41) is 10.2. The first kappa shape index (κ1) is 23.1. The van der Waals surface area contributed by atoms with Gasteiger partial charge in [0.25, 0.3) is 0 Å². The van der Waals surface area contributed by atoms with Gasteiger partial charge in [-0.2, -0.15) is 0 Å². The first-order valence-electron chi connectivity index (χ1n) is 8.62. The summed E-state index contributed by atoms with van der Waals surface area (Å²) >= 11 is 0. The molecule has 0 aliphatic heterocycles. The fourth-order valence-electron chi connectivity index (χ4n) is 2.34. The summed E-state index contributed by atoms with van der Waals surface area (Å²) < 4.78 is 0. The number of carbonyl (C=O) groups is 1. The fourth-order valence-corrected chi connectivity index (χ4v) is 2.34. The zero-order chi connectivity index (χ0) is 14.9. The summed E-state index contributed by atoms with van der Waals surface area (Å²) in [6, 6.07) is 0. The maximum Gasteiger partial charge on any atom is 1.00 e. The molecule has 0 fully saturated rings. The van der Waals surface area contributed by atoms with Gasteiger partial charge in [-0.1, -0.05) is 70.4 Å². The van der Waals surface area contributed by atoms with E-state index in [1.165, 1.54) is 70.6 Å². The molecule has 0 radical (unpaired) electrons. The molecule has 3 heteroatoms. The second-order valence-electron chi connectivity index (χ2n) is 5.71. The summed E-state index contributed by atoms with van der Waals surface area (Å²) in [5.41, 5.74) is 0. The van der Waals surface area contributed by atoms with Crippen molar-refractivity contribution >= 4 is 5.97 Å². The maximum atomic E-state index is 10.2. The number of unbranched alkanes of at least 4 members (excludes halogenated alkanes) is 11. The van der Waals surface area contributed by atoms with Crippen LogP contribution in [0.5, 0.6) is 0 Å². The number of carbonyl (C=O) groups excluding carboxylic acids is 1. The van der Waals surface area contributed by atoms with Gasteiger partial charge in [-0.15, -0.1) is 0 Å². The summed E-state index contributed by atoms with van der Waals surface area (Å²) in [6.07, 6.45) is 20.9. The first-order chi connectivity index (χ1) is 9.77. The van der Waals surface area contributed by atoms with Crippen LogP contribution in [0.4, 0.5) is 0 Å². The van der Waals surface area contributed by atoms with Crippen LogP contribution in [0.15, 0.2) is 12.2 Å². The molecule has 0 aromatic rings. The van der Waals surface area contributed by atoms with Crippen molar-refractivity contribution in [1.29, 1.82) is 0 Å². The van der Waals surface area contributed by atoms with Crippen molar-refractivity contribution in [3.05, 3.63) is 12.2 Å². The van der Waals surface area contributed by atoms with Gasteiger partial charge in [0, 0.05) is 5.97 Å². The molecule has 0 aromatic heterocycles. The van der Waals surface area contributed by atoms with Crippen LogP contribution in [0, 0.1) is 0 Å². The molecule has 0 N–H and O–H groups in total. The average molecular weight is 288 g/mol. The zero-order valence-electron chi connectivity index (χ0n) is 14.4. The standard InChI is InChI=1S/C18H34O2.Li/c1-2-3-4-5-6-7-8-9-10-11-12-13-14-15-16-17-18(19)20;/h7-8H,2-6,9-17H2,1H3,(H,19,20);/q;+1/p-1. The molecule has 2 nitrogen and oxygen atoms in total. The topological polar surface area (TPSA) is 40.1 Å². The molecule has 0 rings (SSSR count). The number of hydrogen-bond acceptors (Lipinski definition) is 2. The van der Waals surface area contributed by atoms with Gasteiger partial charge < -0.3 is 9.90 Å². The van der Waals surface area contributed by atoms with E-state index in [1.807, 2.05) is 0 Å². The summed E-state index contributed by atoms with van der Waals surface area (Å²) in [4.78, 5) is 10.2. The summed E-state index contributed by atoms with van der Waals surface area (Å²) in [7, 11) is 0. The van der Waals surface area contributed by atoms with Gasteiger partial charge in [-0.05, 0) is 38.5 Å². The van der Waals surface area contributed by atoms with Gasteiger partial charge in [0.2, 0.25) is 0 Å². The second-order valence-corrected chi connectivity index (χ2v) is 5.71. The second kappa shape index (κ2) is 19.8. The van der Waals surface area contributed by atoms with Gasteiger partial charge >= 0.3 is 18.9 Å². The van der Waals surface area contributed by atoms with E-state index in [0.29, 0.717) is 0 Å². The Morgan fingerprint density at radius 3 is 1.67 bits per heavy atom. The van der Waals surface area contributed by atoms with E-state index in [4.69, 9.17) is 0 Å². The third-order valence-corrected chi connectivity index (χ3v) is 3.64. The third-order valence-electron chi connectivity index (χ3n) is 3.64. The summed E-state index contributed by atoms with van der Waals surface area (Å²) in [5.74, 6) is -0.911. The molecule has 0 spiro atoms. The third kappa shape index (κ3) is 22.2. The molecular weight excluding hydrogens is 255 g/mol. The number of carboxylic acids is 1. The minimum Gasteiger partial charge on any atom is -0.550 e. The molecule has 0 atom stereocenters. The van der Waals surface area contributed by atoms with E-state index in [2.05, 4.69) is 19.1 Å². The van der Waals surface area contributed by atoms with Crippen molar-refractivity contribution in [3.8, 4) is 0 Å². The zero-order valence-corrected chi connectivity index (χ0v) is 14.4. The van der Waals surface area contributed by atoms with Crippen molar-refractivity contribution in [1.82, 2.24) is 0 Å². The molecule has 0 unspecified atom stereocenters. The van der Waals surface area contributed by atoms with Crippen molar-refractivity contribution in [2.24, 2.45) is 0 Å². The normalized spacial score (nSPS) is 10.7. The molecule has 21 heavy (non-hydrogen) atoms. The molecule has 0 amide bonds. The van der Waals surface area contributed by atoms with Crippen molar-refractivity contribution in [2.75, 3.05) is 0 Å². The Hall–Kier alpha value is -0.193. The Labute approximate surface area is 144 Å². The number of allylic oxidation sites excluding steroid dienone is 2. The van der Waals surface area contributed by atoms with Crippen LogP contribution < -0.4 is 24.0 Å². The minimum atomic E-state index is -0.911. The fraction of sp³-hybridized carbons (Fsp3) is 0.833. The molecule has 0 saturated heterocycles. The number of hydrogen-bond donors (Lipinski definition) is 0. The smallest absolute Gasteiger partial charge is 0.550 e. The van der Waals surface area contributed by atoms with Crippen LogP contribution in [0.1, 0.15) is 96.8 Å². The van der Waals surface area contributed by atoms with Crippen LogP contribution in [0.2, 0.25) is 0 Å². The number of aliphatic carboxylic acids is 1. The van der Waals surface area contributed by atoms with E-state index in [9.17, 15) is 9.90 Å². The molecular formula is C18H33LiO2. The minimum absolute atomic E-state index is 0. The molecule has 0 heterocycles. The molecule has 0 aromatic carbocycles. The Bertz CT molecular complexity index is 239. The molecule has 118 valence electrons. The molecule has 0 bridgehead atoms. The van der Waals surface area contributed by atoms with Gasteiger partial charge in [0.05, 0.1) is 0 Å². The molecule has 0 aliphatic carbocycles. The maximum absolute atomic E-state index is 10.2. The Kier molecular flexibility index (Phi) is 21.8. The Morgan fingerprint density at radius 1 is 0.762 bits per heavy atom. The Balaban J connectivity index is 0. The van der Waals surface area contributed by atoms with Gasteiger partial charge in [-0.3, -0.25) is 0 Å². The van der Waals surface area contributed by atoms with Gasteiger partial charge in [-0.25, -0.2) is 0 Å².